The number of carbonyl (C=O) groups is 1. The minimum absolute atomic E-state index is 0.0493. The summed E-state index contributed by atoms with van der Waals surface area (Å²) in [5, 5.41) is 2.75. The molecule has 1 aromatic carbocycles. The Bertz CT molecular complexity index is 389. The molecule has 3 N–H and O–H groups in total. The largest absolute Gasteiger partial charge is 0.398 e. The van der Waals surface area contributed by atoms with Gasteiger partial charge in [-0.15, -0.1) is 0 Å². The summed E-state index contributed by atoms with van der Waals surface area (Å²) in [5.74, 6) is -0.164. The lowest BCUT2D eigenvalue weighted by molar-refractivity contribution is -0.121. The molecule has 0 radical (unpaired) electrons. The molecule has 0 aromatic heterocycles. The molecule has 0 aliphatic heterocycles. The highest BCUT2D eigenvalue weighted by molar-refractivity contribution is 5.92. The third kappa shape index (κ3) is 4.44. The van der Waals surface area contributed by atoms with E-state index < -0.39 is 0 Å². The Morgan fingerprint density at radius 3 is 2.71 bits per heavy atom. The van der Waals surface area contributed by atoms with Gasteiger partial charge >= 0.3 is 0 Å². The van der Waals surface area contributed by atoms with Crippen molar-refractivity contribution >= 4 is 17.3 Å². The molecule has 0 aliphatic rings. The fourth-order valence-corrected chi connectivity index (χ4v) is 1.43. The Morgan fingerprint density at radius 2 is 2.18 bits per heavy atom. The van der Waals surface area contributed by atoms with Gasteiger partial charge < -0.3 is 15.8 Å². The van der Waals surface area contributed by atoms with Gasteiger partial charge in [0.1, 0.15) is 6.61 Å². The first-order chi connectivity index (χ1) is 8.02. The minimum Gasteiger partial charge on any atom is -0.398 e. The number of rotatable bonds is 5. The van der Waals surface area contributed by atoms with Crippen molar-refractivity contribution in [2.75, 3.05) is 17.7 Å². The predicted molar refractivity (Wildman–Crippen MR) is 70.0 cm³/mol. The van der Waals surface area contributed by atoms with E-state index >= 15 is 0 Å². The molecule has 94 valence electrons. The standard InChI is InChI=1S/C13H20N2O2/c1-4-10-5-6-11(7-12(10)14)15-13(16)8-17-9(2)3/h5-7,9H,4,8,14H2,1-3H3,(H,15,16). The van der Waals surface area contributed by atoms with Crippen LogP contribution in [0.1, 0.15) is 26.3 Å². The van der Waals surface area contributed by atoms with Crippen LogP contribution in [0.2, 0.25) is 0 Å². The molecular formula is C13H20N2O2. The molecule has 0 atom stereocenters. The average molecular weight is 236 g/mol. The number of nitrogens with two attached hydrogens (primary N) is 1. The molecule has 1 aromatic rings. The fraction of sp³-hybridized carbons (Fsp3) is 0.462. The molecular weight excluding hydrogens is 216 g/mol. The zero-order valence-corrected chi connectivity index (χ0v) is 10.6. The SMILES string of the molecule is CCc1ccc(NC(=O)COC(C)C)cc1N. The van der Waals surface area contributed by atoms with Crippen molar-refractivity contribution in [2.24, 2.45) is 0 Å². The summed E-state index contributed by atoms with van der Waals surface area (Å²) < 4.78 is 5.21. The lowest BCUT2D eigenvalue weighted by Gasteiger charge is -2.10. The monoisotopic (exact) mass is 236 g/mol. The van der Waals surface area contributed by atoms with Crippen LogP contribution in [0, 0.1) is 0 Å². The summed E-state index contributed by atoms with van der Waals surface area (Å²) in [6.07, 6.45) is 0.935. The predicted octanol–water partition coefficient (Wildman–Crippen LogP) is 2.19. The van der Waals surface area contributed by atoms with E-state index in [-0.39, 0.29) is 18.6 Å². The highest BCUT2D eigenvalue weighted by Gasteiger charge is 2.05. The van der Waals surface area contributed by atoms with Crippen molar-refractivity contribution in [1.82, 2.24) is 0 Å². The quantitative estimate of drug-likeness (QED) is 0.770. The molecule has 4 heteroatoms. The van der Waals surface area contributed by atoms with Gasteiger partial charge in [0.25, 0.3) is 0 Å². The molecule has 0 fully saturated rings. The Morgan fingerprint density at radius 1 is 1.47 bits per heavy atom. The third-order valence-corrected chi connectivity index (χ3v) is 2.36. The second-order valence-electron chi connectivity index (χ2n) is 4.18. The van der Waals surface area contributed by atoms with Crippen LogP contribution in [-0.2, 0) is 16.0 Å². The van der Waals surface area contributed by atoms with E-state index in [1.807, 2.05) is 32.9 Å². The number of nitrogen functional groups attached to an aromatic ring is 1. The summed E-state index contributed by atoms with van der Waals surface area (Å²) in [5.41, 5.74) is 8.34. The molecule has 1 rings (SSSR count). The molecule has 0 unspecified atom stereocenters. The van der Waals surface area contributed by atoms with Crippen molar-refractivity contribution in [3.8, 4) is 0 Å². The normalized spacial score (nSPS) is 10.6. The molecule has 0 saturated heterocycles. The van der Waals surface area contributed by atoms with Crippen molar-refractivity contribution in [1.29, 1.82) is 0 Å². The number of hydrogen-bond donors (Lipinski definition) is 2. The third-order valence-electron chi connectivity index (χ3n) is 2.36. The zero-order chi connectivity index (χ0) is 12.8. The fourth-order valence-electron chi connectivity index (χ4n) is 1.43. The van der Waals surface area contributed by atoms with E-state index in [9.17, 15) is 4.79 Å². The Labute approximate surface area is 102 Å². The number of aryl methyl sites for hydroxylation is 1. The zero-order valence-electron chi connectivity index (χ0n) is 10.6. The lowest BCUT2D eigenvalue weighted by Crippen LogP contribution is -2.20. The smallest absolute Gasteiger partial charge is 0.250 e. The van der Waals surface area contributed by atoms with E-state index in [0.717, 1.165) is 12.0 Å². The van der Waals surface area contributed by atoms with Crippen LogP contribution in [0.4, 0.5) is 11.4 Å². The van der Waals surface area contributed by atoms with Crippen LogP contribution >= 0.6 is 0 Å². The highest BCUT2D eigenvalue weighted by atomic mass is 16.5. The van der Waals surface area contributed by atoms with Crippen LogP contribution in [0.3, 0.4) is 0 Å². The molecule has 0 aliphatic carbocycles. The molecule has 0 heterocycles. The second-order valence-corrected chi connectivity index (χ2v) is 4.18. The van der Waals surface area contributed by atoms with Crippen LogP contribution < -0.4 is 11.1 Å². The van der Waals surface area contributed by atoms with Gasteiger partial charge in [0, 0.05) is 11.4 Å². The van der Waals surface area contributed by atoms with Crippen molar-refractivity contribution in [2.45, 2.75) is 33.3 Å². The first kappa shape index (κ1) is 13.5. The summed E-state index contributed by atoms with van der Waals surface area (Å²) in [4.78, 5) is 11.5. The summed E-state index contributed by atoms with van der Waals surface area (Å²) in [6.45, 7) is 5.89. The summed E-state index contributed by atoms with van der Waals surface area (Å²) in [7, 11) is 0. The van der Waals surface area contributed by atoms with E-state index in [1.54, 1.807) is 6.07 Å². The summed E-state index contributed by atoms with van der Waals surface area (Å²) in [6, 6.07) is 5.54. The van der Waals surface area contributed by atoms with Gasteiger partial charge in [0.2, 0.25) is 5.91 Å². The maximum absolute atomic E-state index is 11.5. The number of ether oxygens (including phenoxy) is 1. The number of carbonyl (C=O) groups excluding carboxylic acids is 1. The molecule has 0 saturated carbocycles. The van der Waals surface area contributed by atoms with Crippen LogP contribution in [0.15, 0.2) is 18.2 Å². The van der Waals surface area contributed by atoms with Crippen LogP contribution in [-0.4, -0.2) is 18.6 Å². The van der Waals surface area contributed by atoms with Crippen molar-refractivity contribution < 1.29 is 9.53 Å². The average Bonchev–Trinajstić information content (AvgIpc) is 2.26. The highest BCUT2D eigenvalue weighted by Crippen LogP contribution is 2.18. The van der Waals surface area contributed by atoms with Crippen LogP contribution in [0.25, 0.3) is 0 Å². The molecule has 4 nitrogen and oxygen atoms in total. The topological polar surface area (TPSA) is 64.3 Å². The van der Waals surface area contributed by atoms with Gasteiger partial charge in [-0.2, -0.15) is 0 Å². The molecule has 1 amide bonds. The van der Waals surface area contributed by atoms with Gasteiger partial charge in [-0.1, -0.05) is 13.0 Å². The maximum Gasteiger partial charge on any atom is 0.250 e. The number of hydrogen-bond acceptors (Lipinski definition) is 3. The van der Waals surface area contributed by atoms with E-state index in [2.05, 4.69) is 5.32 Å². The Hall–Kier alpha value is -1.55. The minimum atomic E-state index is -0.164. The van der Waals surface area contributed by atoms with Gasteiger partial charge in [0.15, 0.2) is 0 Å². The maximum atomic E-state index is 11.5. The van der Waals surface area contributed by atoms with Crippen molar-refractivity contribution in [3.05, 3.63) is 23.8 Å². The number of benzene rings is 1. The van der Waals surface area contributed by atoms with Crippen LogP contribution in [0.5, 0.6) is 0 Å². The van der Waals surface area contributed by atoms with Gasteiger partial charge in [-0.05, 0) is 38.0 Å². The van der Waals surface area contributed by atoms with Gasteiger partial charge in [-0.3, -0.25) is 4.79 Å². The molecule has 0 spiro atoms. The number of nitrogens with one attached hydrogen (secondary N) is 1. The first-order valence-corrected chi connectivity index (χ1v) is 5.82. The van der Waals surface area contributed by atoms with Gasteiger partial charge in [-0.25, -0.2) is 0 Å². The number of amides is 1. The van der Waals surface area contributed by atoms with Gasteiger partial charge in [0.05, 0.1) is 6.10 Å². The lowest BCUT2D eigenvalue weighted by atomic mass is 10.1. The molecule has 17 heavy (non-hydrogen) atoms. The molecule has 0 bridgehead atoms. The summed E-state index contributed by atoms with van der Waals surface area (Å²) >= 11 is 0. The Balaban J connectivity index is 2.57. The first-order valence-electron chi connectivity index (χ1n) is 5.82. The van der Waals surface area contributed by atoms with Crippen molar-refractivity contribution in [3.63, 3.8) is 0 Å². The Kier molecular flexibility index (Phi) is 4.97. The second kappa shape index (κ2) is 6.25. The van der Waals surface area contributed by atoms with E-state index in [1.165, 1.54) is 0 Å². The van der Waals surface area contributed by atoms with E-state index in [0.29, 0.717) is 11.4 Å². The van der Waals surface area contributed by atoms with E-state index in [4.69, 9.17) is 10.5 Å². The number of anilines is 2.